The summed E-state index contributed by atoms with van der Waals surface area (Å²) in [6.45, 7) is 0. The van der Waals surface area contributed by atoms with Crippen molar-refractivity contribution in [1.82, 2.24) is 9.97 Å². The molecular weight excluding hydrogens is 363 g/mol. The van der Waals surface area contributed by atoms with Crippen molar-refractivity contribution < 1.29 is 9.18 Å². The van der Waals surface area contributed by atoms with Gasteiger partial charge in [0.25, 0.3) is 0 Å². The highest BCUT2D eigenvalue weighted by atomic mass is 19.1. The van der Waals surface area contributed by atoms with Gasteiger partial charge in [-0.25, -0.2) is 9.37 Å². The van der Waals surface area contributed by atoms with Crippen molar-refractivity contribution in [3.8, 4) is 11.3 Å². The molecule has 0 aliphatic heterocycles. The van der Waals surface area contributed by atoms with E-state index < -0.39 is 0 Å². The number of hydrogen-bond acceptors (Lipinski definition) is 3. The number of benzene rings is 3. The van der Waals surface area contributed by atoms with Gasteiger partial charge >= 0.3 is 0 Å². The smallest absolute Gasteiger partial charge is 0.178 e. The largest absolute Gasteiger partial charge is 0.290 e. The van der Waals surface area contributed by atoms with Gasteiger partial charge in [-0.15, -0.1) is 0 Å². The van der Waals surface area contributed by atoms with Gasteiger partial charge in [-0.2, -0.15) is 0 Å². The molecule has 4 heteroatoms. The summed E-state index contributed by atoms with van der Waals surface area (Å²) >= 11 is 0. The second kappa shape index (κ2) is 8.40. The monoisotopic (exact) mass is 380 g/mol. The second-order valence-electron chi connectivity index (χ2n) is 6.49. The molecule has 0 aliphatic carbocycles. The van der Waals surface area contributed by atoms with E-state index in [0.29, 0.717) is 0 Å². The van der Waals surface area contributed by atoms with Crippen molar-refractivity contribution in [2.45, 2.75) is 0 Å². The Kier molecular flexibility index (Phi) is 5.34. The van der Waals surface area contributed by atoms with Crippen molar-refractivity contribution in [1.29, 1.82) is 0 Å². The molecule has 0 radical (unpaired) electrons. The van der Waals surface area contributed by atoms with Gasteiger partial charge < -0.3 is 0 Å². The van der Waals surface area contributed by atoms with Crippen LogP contribution in [0.25, 0.3) is 34.4 Å². The van der Waals surface area contributed by atoms with Gasteiger partial charge in [0.2, 0.25) is 0 Å². The summed E-state index contributed by atoms with van der Waals surface area (Å²) in [5, 5.41) is 0. The maximum absolute atomic E-state index is 12.9. The van der Waals surface area contributed by atoms with Gasteiger partial charge in [0, 0.05) is 5.56 Å². The Morgan fingerprint density at radius 3 is 2.00 bits per heavy atom. The number of carbonyl (C=O) groups excluding carboxylic acids is 1. The number of ketones is 1. The van der Waals surface area contributed by atoms with Gasteiger partial charge in [0.15, 0.2) is 5.78 Å². The quantitative estimate of drug-likeness (QED) is 0.415. The predicted octanol–water partition coefficient (Wildman–Crippen LogP) is 5.73. The Morgan fingerprint density at radius 2 is 1.34 bits per heavy atom. The fourth-order valence-corrected chi connectivity index (χ4v) is 2.85. The highest BCUT2D eigenvalue weighted by Gasteiger charge is 2.02. The predicted molar refractivity (Wildman–Crippen MR) is 114 cm³/mol. The highest BCUT2D eigenvalue weighted by Crippen LogP contribution is 2.20. The van der Waals surface area contributed by atoms with E-state index in [0.717, 1.165) is 33.4 Å². The zero-order chi connectivity index (χ0) is 20.1. The van der Waals surface area contributed by atoms with Gasteiger partial charge in [-0.1, -0.05) is 60.7 Å². The summed E-state index contributed by atoms with van der Waals surface area (Å²) in [5.74, 6) is -0.440. The highest BCUT2D eigenvalue weighted by molar-refractivity contribution is 6.04. The van der Waals surface area contributed by atoms with Crippen LogP contribution in [0.2, 0.25) is 0 Å². The van der Waals surface area contributed by atoms with Crippen LogP contribution in [0.1, 0.15) is 11.1 Å². The standard InChI is InChI=1S/C25H17FN2O/c26-21-13-7-19(8-14-21)10-16-22(29)15-9-18-5-11-20(12-6-18)25-17-27-23-3-1-2-4-24(23)28-25/h1-17H. The van der Waals surface area contributed by atoms with Crippen LogP contribution in [0, 0.1) is 5.82 Å². The summed E-state index contributed by atoms with van der Waals surface area (Å²) in [6, 6.07) is 21.5. The van der Waals surface area contributed by atoms with E-state index in [1.165, 1.54) is 24.3 Å². The molecule has 3 aromatic carbocycles. The van der Waals surface area contributed by atoms with E-state index >= 15 is 0 Å². The summed E-state index contributed by atoms with van der Waals surface area (Å²) in [4.78, 5) is 21.1. The summed E-state index contributed by atoms with van der Waals surface area (Å²) in [5.41, 5.74) is 5.16. The zero-order valence-corrected chi connectivity index (χ0v) is 15.5. The van der Waals surface area contributed by atoms with E-state index in [4.69, 9.17) is 0 Å². The van der Waals surface area contributed by atoms with Crippen molar-refractivity contribution in [2.24, 2.45) is 0 Å². The number of allylic oxidation sites excluding steroid dienone is 2. The SMILES string of the molecule is O=C(C=Cc1ccc(F)cc1)C=Cc1ccc(-c2cnc3ccccc3n2)cc1. The molecule has 0 aliphatic rings. The Hall–Kier alpha value is -3.92. The van der Waals surface area contributed by atoms with E-state index in [9.17, 15) is 9.18 Å². The molecule has 0 spiro atoms. The van der Waals surface area contributed by atoms with Crippen molar-refractivity contribution >= 4 is 29.0 Å². The minimum absolute atomic E-state index is 0.140. The topological polar surface area (TPSA) is 42.9 Å². The molecule has 0 amide bonds. The lowest BCUT2D eigenvalue weighted by Gasteiger charge is -2.03. The molecule has 0 saturated heterocycles. The van der Waals surface area contributed by atoms with E-state index in [-0.39, 0.29) is 11.6 Å². The lowest BCUT2D eigenvalue weighted by Crippen LogP contribution is -1.88. The fourth-order valence-electron chi connectivity index (χ4n) is 2.85. The first kappa shape index (κ1) is 18.4. The number of rotatable bonds is 5. The average Bonchev–Trinajstić information content (AvgIpc) is 2.77. The van der Waals surface area contributed by atoms with Gasteiger partial charge in [0.05, 0.1) is 22.9 Å². The van der Waals surface area contributed by atoms with Crippen LogP contribution in [0.4, 0.5) is 4.39 Å². The molecule has 3 nitrogen and oxygen atoms in total. The molecule has 0 N–H and O–H groups in total. The van der Waals surface area contributed by atoms with Crippen molar-refractivity contribution in [3.05, 3.63) is 108 Å². The Bertz CT molecular complexity index is 1210. The number of halogens is 1. The molecule has 4 aromatic rings. The number of carbonyl (C=O) groups is 1. The maximum atomic E-state index is 12.9. The third-order valence-corrected chi connectivity index (χ3v) is 4.41. The molecule has 140 valence electrons. The molecule has 1 heterocycles. The average molecular weight is 380 g/mol. The Morgan fingerprint density at radius 1 is 0.759 bits per heavy atom. The lowest BCUT2D eigenvalue weighted by atomic mass is 10.1. The van der Waals surface area contributed by atoms with Gasteiger partial charge in [-0.3, -0.25) is 9.78 Å². The number of para-hydroxylation sites is 2. The number of hydrogen-bond donors (Lipinski definition) is 0. The number of nitrogens with zero attached hydrogens (tertiary/aromatic N) is 2. The first-order chi connectivity index (χ1) is 14.2. The van der Waals surface area contributed by atoms with Gasteiger partial charge in [0.1, 0.15) is 5.82 Å². The summed E-state index contributed by atoms with van der Waals surface area (Å²) < 4.78 is 12.9. The van der Waals surface area contributed by atoms with Crippen LogP contribution < -0.4 is 0 Å². The maximum Gasteiger partial charge on any atom is 0.178 e. The Balaban J connectivity index is 1.44. The first-order valence-corrected chi connectivity index (χ1v) is 9.15. The molecule has 0 fully saturated rings. The molecule has 4 rings (SSSR count). The third-order valence-electron chi connectivity index (χ3n) is 4.41. The Labute approximate surface area is 167 Å². The molecule has 29 heavy (non-hydrogen) atoms. The minimum atomic E-state index is -0.300. The van der Waals surface area contributed by atoms with Crippen LogP contribution in [-0.2, 0) is 4.79 Å². The molecule has 0 saturated carbocycles. The van der Waals surface area contributed by atoms with E-state index in [1.54, 1.807) is 30.5 Å². The van der Waals surface area contributed by atoms with Crippen molar-refractivity contribution in [2.75, 3.05) is 0 Å². The van der Waals surface area contributed by atoms with Crippen LogP contribution in [0.5, 0.6) is 0 Å². The normalized spacial score (nSPS) is 11.5. The zero-order valence-electron chi connectivity index (χ0n) is 15.5. The van der Waals surface area contributed by atoms with Crippen LogP contribution in [-0.4, -0.2) is 15.8 Å². The number of fused-ring (bicyclic) bond motifs is 1. The summed E-state index contributed by atoms with van der Waals surface area (Å²) in [6.07, 6.45) is 8.14. The molecule has 0 bridgehead atoms. The van der Waals surface area contributed by atoms with Crippen LogP contribution in [0.3, 0.4) is 0 Å². The molecule has 1 aromatic heterocycles. The molecular formula is C25H17FN2O. The van der Waals surface area contributed by atoms with Crippen LogP contribution in [0.15, 0.2) is 91.1 Å². The fraction of sp³-hybridized carbons (Fsp3) is 0. The minimum Gasteiger partial charge on any atom is -0.290 e. The summed E-state index contributed by atoms with van der Waals surface area (Å²) in [7, 11) is 0. The van der Waals surface area contributed by atoms with Crippen LogP contribution >= 0.6 is 0 Å². The van der Waals surface area contributed by atoms with Crippen molar-refractivity contribution in [3.63, 3.8) is 0 Å². The van der Waals surface area contributed by atoms with Gasteiger partial charge in [-0.05, 0) is 47.5 Å². The van der Waals surface area contributed by atoms with E-state index in [1.807, 2.05) is 48.5 Å². The molecule has 0 unspecified atom stereocenters. The third kappa shape index (κ3) is 4.68. The van der Waals surface area contributed by atoms with E-state index in [2.05, 4.69) is 9.97 Å². The first-order valence-electron chi connectivity index (χ1n) is 9.15. The second-order valence-corrected chi connectivity index (χ2v) is 6.49. The number of aromatic nitrogens is 2. The molecule has 0 atom stereocenters. The lowest BCUT2D eigenvalue weighted by molar-refractivity contribution is -0.110.